The maximum Gasteiger partial charge on any atom is 0.268 e. The van der Waals surface area contributed by atoms with Crippen molar-refractivity contribution in [1.82, 2.24) is 20.3 Å². The molecule has 0 saturated heterocycles. The van der Waals surface area contributed by atoms with Crippen LogP contribution in [0.5, 0.6) is 0 Å². The van der Waals surface area contributed by atoms with Crippen molar-refractivity contribution in [2.24, 2.45) is 0 Å². The zero-order chi connectivity index (χ0) is 17.1. The molecule has 0 aliphatic heterocycles. The molecule has 0 aliphatic carbocycles. The van der Waals surface area contributed by atoms with Crippen molar-refractivity contribution >= 4 is 22.6 Å². The lowest BCUT2D eigenvalue weighted by molar-refractivity contribution is -0.118. The number of aryl methyl sites for hydroxylation is 1. The average Bonchev–Trinajstić information content (AvgIpc) is 2.98. The number of aromatic nitrogens is 3. The number of pyridine rings is 2. The second-order valence-electron chi connectivity index (χ2n) is 5.80. The van der Waals surface area contributed by atoms with Crippen LogP contribution in [0, 0.1) is 6.92 Å². The summed E-state index contributed by atoms with van der Waals surface area (Å²) in [5, 5.41) is 3.70. The van der Waals surface area contributed by atoms with Gasteiger partial charge in [0.15, 0.2) is 5.78 Å². The SMILES string of the molecule is CC(=O)[C@H](Cc1cccnc1)NC(=O)c1cc2cc(C)ncc2[nH]1. The molecule has 0 unspecified atom stereocenters. The Labute approximate surface area is 139 Å². The second-order valence-corrected chi connectivity index (χ2v) is 5.80. The number of hydrogen-bond acceptors (Lipinski definition) is 4. The van der Waals surface area contributed by atoms with Crippen molar-refractivity contribution < 1.29 is 9.59 Å². The number of nitrogens with one attached hydrogen (secondary N) is 2. The third kappa shape index (κ3) is 3.48. The first-order chi connectivity index (χ1) is 11.5. The lowest BCUT2D eigenvalue weighted by atomic mass is 10.0. The van der Waals surface area contributed by atoms with Crippen molar-refractivity contribution in [2.45, 2.75) is 26.3 Å². The molecule has 2 N–H and O–H groups in total. The lowest BCUT2D eigenvalue weighted by Gasteiger charge is -2.15. The Hall–Kier alpha value is -3.02. The number of carbonyl (C=O) groups is 2. The van der Waals surface area contributed by atoms with Gasteiger partial charge >= 0.3 is 0 Å². The minimum atomic E-state index is -0.590. The number of hydrogen-bond donors (Lipinski definition) is 2. The molecule has 0 bridgehead atoms. The Morgan fingerprint density at radius 3 is 2.83 bits per heavy atom. The van der Waals surface area contributed by atoms with Gasteiger partial charge in [-0.05, 0) is 37.6 Å². The van der Waals surface area contributed by atoms with Gasteiger partial charge in [-0.1, -0.05) is 6.07 Å². The third-order valence-corrected chi connectivity index (χ3v) is 3.85. The highest BCUT2D eigenvalue weighted by Crippen LogP contribution is 2.15. The van der Waals surface area contributed by atoms with Crippen LogP contribution >= 0.6 is 0 Å². The summed E-state index contributed by atoms with van der Waals surface area (Å²) in [6, 6.07) is 6.77. The Bertz CT molecular complexity index is 886. The third-order valence-electron chi connectivity index (χ3n) is 3.85. The predicted molar refractivity (Wildman–Crippen MR) is 90.7 cm³/mol. The van der Waals surface area contributed by atoms with E-state index in [0.717, 1.165) is 22.2 Å². The molecule has 1 amide bonds. The fraction of sp³-hybridized carbons (Fsp3) is 0.222. The van der Waals surface area contributed by atoms with Crippen molar-refractivity contribution in [3.63, 3.8) is 0 Å². The topological polar surface area (TPSA) is 87.7 Å². The molecule has 0 aromatic carbocycles. The Balaban J connectivity index is 1.78. The maximum absolute atomic E-state index is 12.5. The number of ketones is 1. The van der Waals surface area contributed by atoms with Gasteiger partial charge in [0.2, 0.25) is 0 Å². The normalized spacial score (nSPS) is 12.1. The first-order valence-corrected chi connectivity index (χ1v) is 7.68. The Morgan fingerprint density at radius 2 is 2.12 bits per heavy atom. The molecular formula is C18H18N4O2. The molecule has 3 aromatic heterocycles. The summed E-state index contributed by atoms with van der Waals surface area (Å²) >= 11 is 0. The number of H-pyrrole nitrogens is 1. The summed E-state index contributed by atoms with van der Waals surface area (Å²) in [6.45, 7) is 3.37. The lowest BCUT2D eigenvalue weighted by Crippen LogP contribution is -2.41. The molecule has 3 rings (SSSR count). The van der Waals surface area contributed by atoms with Gasteiger partial charge in [0, 0.05) is 29.9 Å². The van der Waals surface area contributed by atoms with E-state index in [0.29, 0.717) is 12.1 Å². The van der Waals surface area contributed by atoms with Gasteiger partial charge in [0.25, 0.3) is 5.91 Å². The van der Waals surface area contributed by atoms with E-state index in [1.54, 1.807) is 30.7 Å². The zero-order valence-corrected chi connectivity index (χ0v) is 13.5. The van der Waals surface area contributed by atoms with E-state index in [9.17, 15) is 9.59 Å². The Kier molecular flexibility index (Phi) is 4.37. The molecule has 0 saturated carbocycles. The molecular weight excluding hydrogens is 304 g/mol. The number of aromatic amines is 1. The highest BCUT2D eigenvalue weighted by atomic mass is 16.2. The molecule has 0 aliphatic rings. The van der Waals surface area contributed by atoms with Crippen molar-refractivity contribution in [1.29, 1.82) is 0 Å². The van der Waals surface area contributed by atoms with Gasteiger partial charge in [-0.25, -0.2) is 0 Å². The van der Waals surface area contributed by atoms with Crippen LogP contribution in [-0.2, 0) is 11.2 Å². The van der Waals surface area contributed by atoms with Gasteiger partial charge in [0.05, 0.1) is 17.8 Å². The fourth-order valence-corrected chi connectivity index (χ4v) is 2.55. The number of rotatable bonds is 5. The van der Waals surface area contributed by atoms with E-state index in [4.69, 9.17) is 0 Å². The van der Waals surface area contributed by atoms with E-state index in [1.807, 2.05) is 19.1 Å². The van der Waals surface area contributed by atoms with E-state index >= 15 is 0 Å². The van der Waals surface area contributed by atoms with Crippen molar-refractivity contribution in [3.8, 4) is 0 Å². The first-order valence-electron chi connectivity index (χ1n) is 7.68. The minimum absolute atomic E-state index is 0.0965. The van der Waals surface area contributed by atoms with Gasteiger partial charge in [-0.3, -0.25) is 19.6 Å². The number of Topliss-reactive ketones (excluding diaryl/α,β-unsaturated/α-hetero) is 1. The van der Waals surface area contributed by atoms with Crippen molar-refractivity contribution in [2.75, 3.05) is 0 Å². The summed E-state index contributed by atoms with van der Waals surface area (Å²) in [7, 11) is 0. The number of nitrogens with zero attached hydrogens (tertiary/aromatic N) is 2. The molecule has 6 nitrogen and oxygen atoms in total. The van der Waals surface area contributed by atoms with Crippen molar-refractivity contribution in [3.05, 3.63) is 59.8 Å². The molecule has 3 aromatic rings. The van der Waals surface area contributed by atoms with E-state index < -0.39 is 6.04 Å². The highest BCUT2D eigenvalue weighted by molar-refractivity contribution is 6.00. The van der Waals surface area contributed by atoms with Gasteiger partial charge in [-0.2, -0.15) is 0 Å². The molecule has 0 fully saturated rings. The van der Waals surface area contributed by atoms with Crippen LogP contribution < -0.4 is 5.32 Å². The number of amides is 1. The summed E-state index contributed by atoms with van der Waals surface area (Å²) in [5.41, 5.74) is 2.98. The van der Waals surface area contributed by atoms with Gasteiger partial charge < -0.3 is 10.3 Å². The summed E-state index contributed by atoms with van der Waals surface area (Å²) in [5.74, 6) is -0.409. The van der Waals surface area contributed by atoms with E-state index in [-0.39, 0.29) is 11.7 Å². The average molecular weight is 322 g/mol. The monoisotopic (exact) mass is 322 g/mol. The minimum Gasteiger partial charge on any atom is -0.349 e. The van der Waals surface area contributed by atoms with Crippen LogP contribution in [0.2, 0.25) is 0 Å². The zero-order valence-electron chi connectivity index (χ0n) is 13.5. The second kappa shape index (κ2) is 6.62. The smallest absolute Gasteiger partial charge is 0.268 e. The molecule has 3 heterocycles. The maximum atomic E-state index is 12.5. The molecule has 0 radical (unpaired) electrons. The van der Waals surface area contributed by atoms with E-state index in [2.05, 4.69) is 20.3 Å². The number of fused-ring (bicyclic) bond motifs is 1. The van der Waals surface area contributed by atoms with Crippen LogP contribution in [-0.4, -0.2) is 32.7 Å². The largest absolute Gasteiger partial charge is 0.349 e. The molecule has 6 heteroatoms. The van der Waals surface area contributed by atoms with E-state index in [1.165, 1.54) is 6.92 Å². The van der Waals surface area contributed by atoms with Crippen LogP contribution in [0.1, 0.15) is 28.7 Å². The van der Waals surface area contributed by atoms with Crippen LogP contribution in [0.3, 0.4) is 0 Å². The molecule has 122 valence electrons. The van der Waals surface area contributed by atoms with Gasteiger partial charge in [-0.15, -0.1) is 0 Å². The molecule has 0 spiro atoms. The molecule has 1 atom stereocenters. The standard InChI is InChI=1S/C18H18N4O2/c1-11-6-14-8-16(21-17(14)10-20-11)18(24)22-15(12(2)23)7-13-4-3-5-19-9-13/h3-6,8-10,15,21H,7H2,1-2H3,(H,22,24)/t15-/m0/s1. The summed E-state index contributed by atoms with van der Waals surface area (Å²) in [6.07, 6.45) is 5.47. The summed E-state index contributed by atoms with van der Waals surface area (Å²) < 4.78 is 0. The number of carbonyl (C=O) groups excluding carboxylic acids is 2. The fourth-order valence-electron chi connectivity index (χ4n) is 2.55. The summed E-state index contributed by atoms with van der Waals surface area (Å²) in [4.78, 5) is 35.6. The quantitative estimate of drug-likeness (QED) is 0.754. The van der Waals surface area contributed by atoms with Gasteiger partial charge in [0.1, 0.15) is 5.69 Å². The Morgan fingerprint density at radius 1 is 1.29 bits per heavy atom. The van der Waals surface area contributed by atoms with Crippen LogP contribution in [0.4, 0.5) is 0 Å². The molecule has 24 heavy (non-hydrogen) atoms. The highest BCUT2D eigenvalue weighted by Gasteiger charge is 2.19. The van der Waals surface area contributed by atoms with Crippen LogP contribution in [0.25, 0.3) is 10.9 Å². The predicted octanol–water partition coefficient (Wildman–Crippen LogP) is 2.20. The first kappa shape index (κ1) is 15.9. The van der Waals surface area contributed by atoms with Crippen LogP contribution in [0.15, 0.2) is 42.9 Å².